The predicted octanol–water partition coefficient (Wildman–Crippen LogP) is -0.412. The third-order valence-corrected chi connectivity index (χ3v) is 4.37. The molecule has 4 N–H and O–H groups in total. The van der Waals surface area contributed by atoms with E-state index in [1.165, 1.54) is 18.2 Å². The predicted molar refractivity (Wildman–Crippen MR) is 96.4 cm³/mol. The lowest BCUT2D eigenvalue weighted by molar-refractivity contribution is -0.136. The van der Waals surface area contributed by atoms with Gasteiger partial charge in [0.15, 0.2) is 0 Å². The quantitative estimate of drug-likeness (QED) is 0.458. The number of halogens is 1. The van der Waals surface area contributed by atoms with Gasteiger partial charge in [0.2, 0.25) is 11.8 Å². The number of nitrogens with zero attached hydrogens (tertiary/aromatic N) is 1. The Balaban J connectivity index is 0.00000261. The number of rotatable bonds is 5. The van der Waals surface area contributed by atoms with Gasteiger partial charge in [-0.2, -0.15) is 0 Å². The van der Waals surface area contributed by atoms with Gasteiger partial charge in [0.1, 0.15) is 6.04 Å². The lowest BCUT2D eigenvalue weighted by atomic mass is 10.0. The Bertz CT molecular complexity index is 826. The first-order valence-electron chi connectivity index (χ1n) is 8.28. The van der Waals surface area contributed by atoms with Gasteiger partial charge in [0.05, 0.1) is 11.1 Å². The van der Waals surface area contributed by atoms with Crippen molar-refractivity contribution in [3.8, 4) is 0 Å². The summed E-state index contributed by atoms with van der Waals surface area (Å²) in [4.78, 5) is 61.5. The van der Waals surface area contributed by atoms with E-state index in [0.717, 1.165) is 4.90 Å². The number of imide groups is 2. The zero-order valence-corrected chi connectivity index (χ0v) is 15.1. The number of piperidine rings is 1. The Morgan fingerprint density at radius 3 is 2.56 bits per heavy atom. The number of hydrogen-bond acceptors (Lipinski definition) is 6. The van der Waals surface area contributed by atoms with E-state index in [4.69, 9.17) is 5.73 Å². The smallest absolute Gasteiger partial charge is 0.262 e. The van der Waals surface area contributed by atoms with Crippen LogP contribution in [0.25, 0.3) is 0 Å². The van der Waals surface area contributed by atoms with E-state index in [2.05, 4.69) is 10.6 Å². The highest BCUT2D eigenvalue weighted by Gasteiger charge is 2.44. The molecule has 1 unspecified atom stereocenters. The molecular formula is C17H19ClN4O5. The summed E-state index contributed by atoms with van der Waals surface area (Å²) in [6.07, 6.45) is 0.762. The van der Waals surface area contributed by atoms with Gasteiger partial charge >= 0.3 is 0 Å². The minimum absolute atomic E-state index is 0. The number of fused-ring (bicyclic) bond motifs is 1. The minimum atomic E-state index is -1.03. The Morgan fingerprint density at radius 1 is 1.19 bits per heavy atom. The van der Waals surface area contributed by atoms with E-state index in [1.54, 1.807) is 0 Å². The molecule has 5 amide bonds. The molecule has 3 rings (SSSR count). The van der Waals surface area contributed by atoms with Gasteiger partial charge in [-0.3, -0.25) is 34.2 Å². The van der Waals surface area contributed by atoms with Gasteiger partial charge in [0.25, 0.3) is 17.7 Å². The molecule has 144 valence electrons. The SMILES string of the molecule is Cl.NCCCNC(=O)c1ccc2c(c1)C(=O)N(C1CCC(=O)NC1=O)C2=O. The van der Waals surface area contributed by atoms with Crippen LogP contribution < -0.4 is 16.4 Å². The average molecular weight is 395 g/mol. The zero-order chi connectivity index (χ0) is 18.8. The van der Waals surface area contributed by atoms with Gasteiger partial charge in [-0.25, -0.2) is 0 Å². The fourth-order valence-corrected chi connectivity index (χ4v) is 3.02. The monoisotopic (exact) mass is 394 g/mol. The molecule has 1 fully saturated rings. The van der Waals surface area contributed by atoms with Gasteiger partial charge in [-0.1, -0.05) is 0 Å². The molecule has 1 saturated heterocycles. The molecule has 0 radical (unpaired) electrons. The zero-order valence-electron chi connectivity index (χ0n) is 14.3. The van der Waals surface area contributed by atoms with Crippen molar-refractivity contribution in [1.29, 1.82) is 0 Å². The van der Waals surface area contributed by atoms with E-state index in [9.17, 15) is 24.0 Å². The first-order chi connectivity index (χ1) is 12.4. The normalized spacial score (nSPS) is 18.7. The molecule has 0 saturated carbocycles. The van der Waals surface area contributed by atoms with Crippen LogP contribution in [0.1, 0.15) is 50.3 Å². The third kappa shape index (κ3) is 3.83. The van der Waals surface area contributed by atoms with Crippen LogP contribution in [0.5, 0.6) is 0 Å². The number of hydrogen-bond donors (Lipinski definition) is 3. The molecule has 1 atom stereocenters. The topological polar surface area (TPSA) is 139 Å². The molecule has 9 nitrogen and oxygen atoms in total. The molecule has 10 heteroatoms. The highest BCUT2D eigenvalue weighted by molar-refractivity contribution is 6.24. The van der Waals surface area contributed by atoms with Gasteiger partial charge in [-0.05, 0) is 37.6 Å². The molecule has 27 heavy (non-hydrogen) atoms. The number of carbonyl (C=O) groups excluding carboxylic acids is 5. The van der Waals surface area contributed by atoms with Crippen molar-refractivity contribution in [2.24, 2.45) is 5.73 Å². The number of nitrogens with one attached hydrogen (secondary N) is 2. The van der Waals surface area contributed by atoms with Crippen molar-refractivity contribution in [1.82, 2.24) is 15.5 Å². The molecular weight excluding hydrogens is 376 g/mol. The van der Waals surface area contributed by atoms with E-state index < -0.39 is 29.7 Å². The van der Waals surface area contributed by atoms with E-state index in [-0.39, 0.29) is 47.8 Å². The molecule has 2 heterocycles. The van der Waals surface area contributed by atoms with E-state index >= 15 is 0 Å². The summed E-state index contributed by atoms with van der Waals surface area (Å²) in [6.45, 7) is 0.847. The third-order valence-electron chi connectivity index (χ3n) is 4.37. The van der Waals surface area contributed by atoms with Crippen LogP contribution in [-0.4, -0.2) is 53.6 Å². The van der Waals surface area contributed by atoms with Crippen molar-refractivity contribution in [3.05, 3.63) is 34.9 Å². The standard InChI is InChI=1S/C17H18N4O5.ClH/c18-6-1-7-19-14(23)9-2-3-10-11(8-9)17(26)21(16(10)25)12-4-5-13(22)20-15(12)24;/h2-3,8,12H,1,4-7,18H2,(H,19,23)(H,20,22,24);1H. The molecule has 2 aliphatic heterocycles. The Kier molecular flexibility index (Phi) is 6.29. The van der Waals surface area contributed by atoms with Crippen LogP contribution in [0.2, 0.25) is 0 Å². The Morgan fingerprint density at radius 2 is 1.89 bits per heavy atom. The van der Waals surface area contributed by atoms with Crippen molar-refractivity contribution in [3.63, 3.8) is 0 Å². The number of amides is 5. The van der Waals surface area contributed by atoms with E-state index in [1.807, 2.05) is 0 Å². The van der Waals surface area contributed by atoms with Crippen LogP contribution in [0.3, 0.4) is 0 Å². The van der Waals surface area contributed by atoms with Gasteiger partial charge in [-0.15, -0.1) is 12.4 Å². The fourth-order valence-electron chi connectivity index (χ4n) is 3.02. The maximum Gasteiger partial charge on any atom is 0.262 e. The Labute approximate surface area is 161 Å². The second kappa shape index (κ2) is 8.28. The minimum Gasteiger partial charge on any atom is -0.352 e. The maximum absolute atomic E-state index is 12.7. The van der Waals surface area contributed by atoms with Crippen molar-refractivity contribution < 1.29 is 24.0 Å². The summed E-state index contributed by atoms with van der Waals surface area (Å²) in [7, 11) is 0. The lowest BCUT2D eigenvalue weighted by Crippen LogP contribution is -2.54. The summed E-state index contributed by atoms with van der Waals surface area (Å²) >= 11 is 0. The molecule has 1 aromatic carbocycles. The van der Waals surface area contributed by atoms with Crippen molar-refractivity contribution >= 4 is 41.9 Å². The molecule has 0 bridgehead atoms. The van der Waals surface area contributed by atoms with Crippen LogP contribution in [0, 0.1) is 0 Å². The first-order valence-corrected chi connectivity index (χ1v) is 8.28. The highest BCUT2D eigenvalue weighted by atomic mass is 35.5. The van der Waals surface area contributed by atoms with Crippen molar-refractivity contribution in [2.45, 2.75) is 25.3 Å². The molecule has 0 spiro atoms. The van der Waals surface area contributed by atoms with Gasteiger partial charge < -0.3 is 11.1 Å². The second-order valence-corrected chi connectivity index (χ2v) is 6.11. The summed E-state index contributed by atoms with van der Waals surface area (Å²) in [5.41, 5.74) is 5.83. The van der Waals surface area contributed by atoms with Crippen LogP contribution in [-0.2, 0) is 9.59 Å². The van der Waals surface area contributed by atoms with Crippen LogP contribution >= 0.6 is 12.4 Å². The summed E-state index contributed by atoms with van der Waals surface area (Å²) in [5, 5.41) is 4.81. The molecule has 2 aliphatic rings. The molecule has 0 aromatic heterocycles. The fraction of sp³-hybridized carbons (Fsp3) is 0.353. The van der Waals surface area contributed by atoms with Crippen LogP contribution in [0.4, 0.5) is 0 Å². The van der Waals surface area contributed by atoms with E-state index in [0.29, 0.717) is 19.5 Å². The number of nitrogens with two attached hydrogens (primary N) is 1. The second-order valence-electron chi connectivity index (χ2n) is 6.11. The average Bonchev–Trinajstić information content (AvgIpc) is 2.86. The number of carbonyl (C=O) groups is 5. The highest BCUT2D eigenvalue weighted by Crippen LogP contribution is 2.28. The Hall–Kier alpha value is -2.78. The summed E-state index contributed by atoms with van der Waals surface area (Å²) in [5.74, 6) is -2.72. The largest absolute Gasteiger partial charge is 0.352 e. The number of benzene rings is 1. The first kappa shape index (κ1) is 20.5. The lowest BCUT2D eigenvalue weighted by Gasteiger charge is -2.27. The van der Waals surface area contributed by atoms with Crippen LogP contribution in [0.15, 0.2) is 18.2 Å². The summed E-state index contributed by atoms with van der Waals surface area (Å²) < 4.78 is 0. The maximum atomic E-state index is 12.7. The summed E-state index contributed by atoms with van der Waals surface area (Å²) in [6, 6.07) is 3.18. The molecule has 1 aromatic rings. The molecule has 0 aliphatic carbocycles. The van der Waals surface area contributed by atoms with Gasteiger partial charge in [0, 0.05) is 18.5 Å². The van der Waals surface area contributed by atoms with Crippen molar-refractivity contribution in [2.75, 3.05) is 13.1 Å².